The van der Waals surface area contributed by atoms with Crippen LogP contribution in [-0.4, -0.2) is 27.8 Å². The molecule has 0 aliphatic carbocycles. The molecule has 0 aromatic heterocycles. The predicted molar refractivity (Wildman–Crippen MR) is 45.0 cm³/mol. The summed E-state index contributed by atoms with van der Waals surface area (Å²) in [5.74, 6) is -4.13. The fraction of sp³-hybridized carbons (Fsp3) is 0.714. The van der Waals surface area contributed by atoms with Gasteiger partial charge in [-0.25, -0.2) is 0 Å². The minimum absolute atomic E-state index is 0.443. The Bertz CT molecular complexity index is 207. The third kappa shape index (κ3) is 3.11. The van der Waals surface area contributed by atoms with Gasteiger partial charge in [0.05, 0.1) is 17.5 Å². The minimum Gasteiger partial charge on any atom is -0.481 e. The van der Waals surface area contributed by atoms with Crippen molar-refractivity contribution in [2.24, 2.45) is 11.8 Å². The van der Waals surface area contributed by atoms with Gasteiger partial charge in [0.25, 0.3) is 0 Å². The molecular formula is C7H11O5P. The first kappa shape index (κ1) is 12.0. The highest BCUT2D eigenvalue weighted by atomic mass is 31.1. The number of aliphatic carboxylic acids is 2. The van der Waals surface area contributed by atoms with Gasteiger partial charge in [0.1, 0.15) is 0 Å². The summed E-state index contributed by atoms with van der Waals surface area (Å²) in [4.78, 5) is 21.0. The molecule has 0 aromatic carbocycles. The first-order chi connectivity index (χ1) is 5.91. The lowest BCUT2D eigenvalue weighted by atomic mass is 9.97. The lowest BCUT2D eigenvalue weighted by Gasteiger charge is -2.17. The Morgan fingerprint density at radius 1 is 1.08 bits per heavy atom. The van der Waals surface area contributed by atoms with Crippen LogP contribution in [0.2, 0.25) is 0 Å². The van der Waals surface area contributed by atoms with E-state index in [4.69, 9.17) is 10.2 Å². The van der Waals surface area contributed by atoms with Gasteiger partial charge >= 0.3 is 11.9 Å². The van der Waals surface area contributed by atoms with E-state index >= 15 is 0 Å². The van der Waals surface area contributed by atoms with Crippen molar-refractivity contribution >= 4 is 20.4 Å². The van der Waals surface area contributed by atoms with Crippen LogP contribution < -0.4 is 0 Å². The topological polar surface area (TPSA) is 91.7 Å². The lowest BCUT2D eigenvalue weighted by Crippen LogP contribution is -2.31. The Balaban J connectivity index is 4.59. The summed E-state index contributed by atoms with van der Waals surface area (Å²) in [5, 5.41) is 17.2. The first-order valence-electron chi connectivity index (χ1n) is 3.69. The second kappa shape index (κ2) is 4.92. The fourth-order valence-electron chi connectivity index (χ4n) is 0.908. The van der Waals surface area contributed by atoms with E-state index in [1.807, 2.05) is 0 Å². The van der Waals surface area contributed by atoms with Crippen LogP contribution in [0.3, 0.4) is 0 Å². The molecule has 0 radical (unpaired) electrons. The van der Waals surface area contributed by atoms with Gasteiger partial charge in [0, 0.05) is 0 Å². The van der Waals surface area contributed by atoms with Crippen molar-refractivity contribution in [1.82, 2.24) is 0 Å². The van der Waals surface area contributed by atoms with Gasteiger partial charge in [0.2, 0.25) is 0 Å². The zero-order chi connectivity index (χ0) is 10.6. The van der Waals surface area contributed by atoms with Crippen LogP contribution in [0.15, 0.2) is 0 Å². The summed E-state index contributed by atoms with van der Waals surface area (Å²) in [5.41, 5.74) is -0.880. The summed E-state index contributed by atoms with van der Waals surface area (Å²) < 4.78 is 10.6. The van der Waals surface area contributed by atoms with Crippen molar-refractivity contribution in [1.29, 1.82) is 0 Å². The molecule has 0 saturated carbocycles. The molecule has 5 nitrogen and oxygen atoms in total. The average Bonchev–Trinajstić information content (AvgIpc) is 2.04. The molecule has 0 fully saturated rings. The van der Waals surface area contributed by atoms with Gasteiger partial charge < -0.3 is 10.2 Å². The smallest absolute Gasteiger partial charge is 0.307 e. The second-order valence-electron chi connectivity index (χ2n) is 2.85. The molecule has 2 N–H and O–H groups in total. The molecule has 0 amide bonds. The van der Waals surface area contributed by atoms with Crippen molar-refractivity contribution in [3.8, 4) is 0 Å². The Kier molecular flexibility index (Phi) is 4.56. The van der Waals surface area contributed by atoms with E-state index in [0.29, 0.717) is 0 Å². The van der Waals surface area contributed by atoms with E-state index in [9.17, 15) is 14.2 Å². The molecular weight excluding hydrogens is 195 g/mol. The third-order valence-corrected chi connectivity index (χ3v) is 3.06. The monoisotopic (exact) mass is 206 g/mol. The lowest BCUT2D eigenvalue weighted by molar-refractivity contribution is -0.144. The number of carboxylic acid groups (broad SMARTS) is 2. The van der Waals surface area contributed by atoms with Crippen molar-refractivity contribution in [3.05, 3.63) is 0 Å². The maximum absolute atomic E-state index is 10.6. The zero-order valence-corrected chi connectivity index (χ0v) is 8.19. The Morgan fingerprint density at radius 2 is 1.38 bits per heavy atom. The Morgan fingerprint density at radius 3 is 1.54 bits per heavy atom. The Labute approximate surface area is 77.0 Å². The van der Waals surface area contributed by atoms with E-state index in [1.165, 1.54) is 13.8 Å². The molecule has 0 saturated heterocycles. The van der Waals surface area contributed by atoms with Crippen molar-refractivity contribution < 1.29 is 24.4 Å². The van der Waals surface area contributed by atoms with Crippen LogP contribution in [0.4, 0.5) is 0 Å². The Hall–Kier alpha value is -0.960. The number of rotatable bonds is 5. The molecule has 0 aliphatic rings. The van der Waals surface area contributed by atoms with E-state index in [2.05, 4.69) is 0 Å². The second-order valence-corrected chi connectivity index (χ2v) is 3.66. The largest absolute Gasteiger partial charge is 0.481 e. The number of hydrogen-bond donors (Lipinski definition) is 2. The van der Waals surface area contributed by atoms with Gasteiger partial charge in [-0.2, -0.15) is 0 Å². The molecule has 0 aromatic rings. The highest BCUT2D eigenvalue weighted by Crippen LogP contribution is 2.25. The molecule has 0 aliphatic heterocycles. The first-order valence-corrected chi connectivity index (χ1v) is 4.58. The van der Waals surface area contributed by atoms with Crippen LogP contribution in [0.5, 0.6) is 0 Å². The SMILES string of the molecule is CC(C(=O)O)C(P=O)C(C)C(=O)O. The molecule has 2 atom stereocenters. The summed E-state index contributed by atoms with van der Waals surface area (Å²) in [7, 11) is -0.443. The predicted octanol–water partition coefficient (Wildman–Crippen LogP) is 1.09. The molecule has 74 valence electrons. The van der Waals surface area contributed by atoms with Gasteiger partial charge in [-0.3, -0.25) is 14.2 Å². The molecule has 0 bridgehead atoms. The molecule has 0 rings (SSSR count). The highest BCUT2D eigenvalue weighted by molar-refractivity contribution is 7.25. The summed E-state index contributed by atoms with van der Waals surface area (Å²) in [6.07, 6.45) is 0. The van der Waals surface area contributed by atoms with Gasteiger partial charge in [-0.15, -0.1) is 0 Å². The summed E-state index contributed by atoms with van der Waals surface area (Å²) in [6, 6.07) is 0. The quantitative estimate of drug-likeness (QED) is 0.657. The van der Waals surface area contributed by atoms with E-state index in [1.54, 1.807) is 0 Å². The van der Waals surface area contributed by atoms with E-state index in [0.717, 1.165) is 0 Å². The minimum atomic E-state index is -1.14. The number of carbonyl (C=O) groups is 2. The maximum atomic E-state index is 10.6. The standard InChI is InChI=1S/C7H11O5P/c1-3(6(8)9)5(13-12)4(2)7(10)11/h3-5H,1-2H3,(H,8,9)(H,10,11). The van der Waals surface area contributed by atoms with E-state index < -0.39 is 37.9 Å². The molecule has 0 spiro atoms. The summed E-state index contributed by atoms with van der Waals surface area (Å²) in [6.45, 7) is 2.69. The van der Waals surface area contributed by atoms with Gasteiger partial charge in [-0.05, 0) is 0 Å². The zero-order valence-electron chi connectivity index (χ0n) is 7.30. The van der Waals surface area contributed by atoms with Crippen LogP contribution in [0.25, 0.3) is 0 Å². The number of hydrogen-bond acceptors (Lipinski definition) is 3. The molecule has 2 unspecified atom stereocenters. The van der Waals surface area contributed by atoms with E-state index in [-0.39, 0.29) is 0 Å². The van der Waals surface area contributed by atoms with Crippen molar-refractivity contribution in [2.75, 3.05) is 0 Å². The fourth-order valence-corrected chi connectivity index (χ4v) is 1.53. The third-order valence-electron chi connectivity index (χ3n) is 1.93. The van der Waals surface area contributed by atoms with Crippen LogP contribution >= 0.6 is 8.46 Å². The van der Waals surface area contributed by atoms with Crippen molar-refractivity contribution in [2.45, 2.75) is 19.5 Å². The summed E-state index contributed by atoms with van der Waals surface area (Å²) >= 11 is 0. The molecule has 6 heteroatoms. The molecule has 0 heterocycles. The van der Waals surface area contributed by atoms with Crippen LogP contribution in [0, 0.1) is 11.8 Å². The van der Waals surface area contributed by atoms with Crippen LogP contribution in [-0.2, 0) is 14.2 Å². The maximum Gasteiger partial charge on any atom is 0.307 e. The molecule has 13 heavy (non-hydrogen) atoms. The van der Waals surface area contributed by atoms with Gasteiger partial charge in [0.15, 0.2) is 8.46 Å². The normalized spacial score (nSPS) is 17.7. The van der Waals surface area contributed by atoms with Gasteiger partial charge in [-0.1, -0.05) is 13.8 Å². The average molecular weight is 206 g/mol. The highest BCUT2D eigenvalue weighted by Gasteiger charge is 2.33. The van der Waals surface area contributed by atoms with Crippen molar-refractivity contribution in [3.63, 3.8) is 0 Å². The van der Waals surface area contributed by atoms with Crippen LogP contribution in [0.1, 0.15) is 13.8 Å². The number of carboxylic acids is 2.